The predicted octanol–water partition coefficient (Wildman–Crippen LogP) is 13.3. The summed E-state index contributed by atoms with van der Waals surface area (Å²) in [5, 5.41) is 0. The molecule has 3 aliphatic heterocycles. The second-order valence-corrected chi connectivity index (χ2v) is 15.5. The largest absolute Gasteiger partial charge is 0.332 e. The van der Waals surface area contributed by atoms with E-state index >= 15 is 0 Å². The third-order valence-corrected chi connectivity index (χ3v) is 11.2. The Kier molecular flexibility index (Phi) is 31.1. The molecule has 0 N–H and O–H groups in total. The molecule has 2 bridgehead atoms. The van der Waals surface area contributed by atoms with Gasteiger partial charge in [-0.05, 0) is 38.5 Å². The molecular formula is C36H72O6P2. The third-order valence-electron chi connectivity index (χ3n) is 8.80. The van der Waals surface area contributed by atoms with Gasteiger partial charge in [0, 0.05) is 0 Å². The molecule has 3 fully saturated rings. The Balaban J connectivity index is 1.84. The minimum absolute atomic E-state index is 0.770. The second-order valence-electron chi connectivity index (χ2n) is 13.1. The van der Waals surface area contributed by atoms with E-state index < -0.39 is 17.2 Å². The van der Waals surface area contributed by atoms with Crippen LogP contribution >= 0.6 is 17.2 Å². The van der Waals surface area contributed by atoms with Gasteiger partial charge in [-0.2, -0.15) is 0 Å². The van der Waals surface area contributed by atoms with Gasteiger partial charge in [0.2, 0.25) is 0 Å². The van der Waals surface area contributed by atoms with E-state index in [1.807, 2.05) is 0 Å². The van der Waals surface area contributed by atoms with Crippen molar-refractivity contribution in [3.8, 4) is 0 Å². The summed E-state index contributed by atoms with van der Waals surface area (Å²) < 4.78 is 36.8. The van der Waals surface area contributed by atoms with E-state index in [1.165, 1.54) is 154 Å². The van der Waals surface area contributed by atoms with E-state index in [4.69, 9.17) is 27.1 Å². The maximum Gasteiger partial charge on any atom is 0.332 e. The molecule has 6 nitrogen and oxygen atoms in total. The molecule has 3 rings (SSSR count). The highest BCUT2D eigenvalue weighted by molar-refractivity contribution is 7.41. The van der Waals surface area contributed by atoms with Crippen LogP contribution in [-0.2, 0) is 27.1 Å². The zero-order valence-electron chi connectivity index (χ0n) is 28.8. The topological polar surface area (TPSA) is 55.4 Å². The van der Waals surface area contributed by atoms with Crippen molar-refractivity contribution in [3.63, 3.8) is 0 Å². The quantitative estimate of drug-likeness (QED) is 0.241. The maximum atomic E-state index is 6.14. The van der Waals surface area contributed by atoms with Crippen molar-refractivity contribution >= 4 is 17.2 Å². The molecule has 8 heteroatoms. The molecule has 0 aromatic heterocycles. The van der Waals surface area contributed by atoms with Gasteiger partial charge >= 0.3 is 17.2 Å². The number of hydrogen-bond donors (Lipinski definition) is 0. The fourth-order valence-corrected chi connectivity index (χ4v) is 8.03. The molecule has 0 atom stereocenters. The fourth-order valence-electron chi connectivity index (χ4n) is 5.91. The van der Waals surface area contributed by atoms with Crippen LogP contribution < -0.4 is 0 Å². The zero-order valence-corrected chi connectivity index (χ0v) is 30.6. The number of hydrogen-bond acceptors (Lipinski definition) is 6. The molecule has 3 saturated heterocycles. The molecule has 0 radical (unpaired) electrons. The average molecular weight is 663 g/mol. The van der Waals surface area contributed by atoms with Gasteiger partial charge in [-0.3, -0.25) is 0 Å². The Labute approximate surface area is 276 Å². The molecule has 0 spiro atoms. The first-order valence-corrected chi connectivity index (χ1v) is 21.5. The maximum absolute atomic E-state index is 6.14. The van der Waals surface area contributed by atoms with Crippen LogP contribution in [-0.4, -0.2) is 39.6 Å². The first-order valence-electron chi connectivity index (χ1n) is 19.3. The molecule has 0 saturated carbocycles. The van der Waals surface area contributed by atoms with Crippen molar-refractivity contribution in [2.75, 3.05) is 39.6 Å². The van der Waals surface area contributed by atoms with Crippen molar-refractivity contribution in [2.45, 2.75) is 193 Å². The second kappa shape index (κ2) is 33.5. The van der Waals surface area contributed by atoms with Crippen LogP contribution in [0.1, 0.15) is 193 Å². The van der Waals surface area contributed by atoms with Crippen LogP contribution in [0.15, 0.2) is 0 Å². The molecule has 0 unspecified atom stereocenters. The smallest absolute Gasteiger partial charge is 0.312 e. The van der Waals surface area contributed by atoms with E-state index in [0.29, 0.717) is 0 Å². The lowest BCUT2D eigenvalue weighted by Gasteiger charge is -2.17. The molecule has 0 amide bonds. The zero-order chi connectivity index (χ0) is 30.9. The standard InChI is InChI=1S/C36H72O6P2/c1-2-8-14-20-26-32-38-44-41-35-29-23-17-11-5-3-9-15-21-27-33-39-43(37-31-25-19-13-7-1)40-34-28-22-16-10-4-6-12-18-24-30-36-42-44/h1-36H2. The molecule has 44 heavy (non-hydrogen) atoms. The lowest BCUT2D eigenvalue weighted by molar-refractivity contribution is 0.153. The van der Waals surface area contributed by atoms with Crippen LogP contribution in [0.3, 0.4) is 0 Å². The monoisotopic (exact) mass is 662 g/mol. The minimum Gasteiger partial charge on any atom is -0.312 e. The molecule has 0 aliphatic carbocycles. The van der Waals surface area contributed by atoms with Crippen molar-refractivity contribution in [1.29, 1.82) is 0 Å². The van der Waals surface area contributed by atoms with Gasteiger partial charge in [0.1, 0.15) is 0 Å². The van der Waals surface area contributed by atoms with Crippen molar-refractivity contribution in [2.24, 2.45) is 0 Å². The van der Waals surface area contributed by atoms with Gasteiger partial charge in [-0.1, -0.05) is 154 Å². The summed E-state index contributed by atoms with van der Waals surface area (Å²) in [5.74, 6) is 0. The lowest BCUT2D eigenvalue weighted by atomic mass is 10.1. The Morgan fingerprint density at radius 2 is 0.273 bits per heavy atom. The molecule has 3 aliphatic rings. The van der Waals surface area contributed by atoms with Crippen LogP contribution in [0.25, 0.3) is 0 Å². The van der Waals surface area contributed by atoms with E-state index in [-0.39, 0.29) is 0 Å². The van der Waals surface area contributed by atoms with Gasteiger partial charge in [-0.15, -0.1) is 0 Å². The normalized spacial score (nSPS) is 27.8. The highest BCUT2D eigenvalue weighted by Gasteiger charge is 2.14. The summed E-state index contributed by atoms with van der Waals surface area (Å²) in [6.07, 6.45) is 38.1. The lowest BCUT2D eigenvalue weighted by Crippen LogP contribution is -2.01. The summed E-state index contributed by atoms with van der Waals surface area (Å²) in [4.78, 5) is 0. The third kappa shape index (κ3) is 27.7. The van der Waals surface area contributed by atoms with Gasteiger partial charge in [0.15, 0.2) is 0 Å². The number of rotatable bonds is 0. The van der Waals surface area contributed by atoms with Gasteiger partial charge in [0.05, 0.1) is 39.6 Å². The molecule has 262 valence electrons. The van der Waals surface area contributed by atoms with Crippen LogP contribution in [0.5, 0.6) is 0 Å². The summed E-state index contributed by atoms with van der Waals surface area (Å²) in [7, 11) is -2.39. The SMILES string of the molecule is C1CCCCCCOP2OCCCCCCCCCCCCOP(OCCCCC1)OCCCCCCCCCCCCO2. The average Bonchev–Trinajstić information content (AvgIpc) is 3.03. The van der Waals surface area contributed by atoms with E-state index in [9.17, 15) is 0 Å². The summed E-state index contributed by atoms with van der Waals surface area (Å²) >= 11 is 0. The predicted molar refractivity (Wildman–Crippen MR) is 188 cm³/mol. The summed E-state index contributed by atoms with van der Waals surface area (Å²) in [6.45, 7) is 4.62. The Morgan fingerprint density at radius 3 is 0.409 bits per heavy atom. The van der Waals surface area contributed by atoms with Crippen LogP contribution in [0, 0.1) is 0 Å². The molecule has 0 aromatic carbocycles. The van der Waals surface area contributed by atoms with Gasteiger partial charge in [-0.25, -0.2) is 0 Å². The Bertz CT molecular complexity index is 449. The summed E-state index contributed by atoms with van der Waals surface area (Å²) in [5.41, 5.74) is 0. The van der Waals surface area contributed by atoms with Crippen molar-refractivity contribution < 1.29 is 27.1 Å². The fraction of sp³-hybridized carbons (Fsp3) is 1.00. The molecular weight excluding hydrogens is 590 g/mol. The Morgan fingerprint density at radius 1 is 0.159 bits per heavy atom. The first kappa shape index (κ1) is 40.8. The highest BCUT2D eigenvalue weighted by atomic mass is 31.2. The van der Waals surface area contributed by atoms with Gasteiger partial charge in [0.25, 0.3) is 0 Å². The van der Waals surface area contributed by atoms with Crippen molar-refractivity contribution in [1.82, 2.24) is 0 Å². The highest BCUT2D eigenvalue weighted by Crippen LogP contribution is 2.41. The van der Waals surface area contributed by atoms with E-state index in [2.05, 4.69) is 0 Å². The molecule has 0 aromatic rings. The van der Waals surface area contributed by atoms with Crippen LogP contribution in [0.4, 0.5) is 0 Å². The van der Waals surface area contributed by atoms with E-state index in [0.717, 1.165) is 78.2 Å². The van der Waals surface area contributed by atoms with Crippen LogP contribution in [0.2, 0.25) is 0 Å². The van der Waals surface area contributed by atoms with Crippen molar-refractivity contribution in [3.05, 3.63) is 0 Å². The first-order chi connectivity index (χ1) is 21.9. The molecule has 3 heterocycles. The minimum atomic E-state index is -1.19. The van der Waals surface area contributed by atoms with Gasteiger partial charge < -0.3 is 27.1 Å². The number of fused-ring (bicyclic) bond motifs is 39. The van der Waals surface area contributed by atoms with E-state index in [1.54, 1.807) is 0 Å². The summed E-state index contributed by atoms with van der Waals surface area (Å²) in [6, 6.07) is 0. The Hall–Kier alpha value is 0.620.